The molecule has 0 aromatic carbocycles. The lowest BCUT2D eigenvalue weighted by atomic mass is 10.2. The van der Waals surface area contributed by atoms with Gasteiger partial charge in [-0.05, 0) is 6.92 Å². The fourth-order valence-electron chi connectivity index (χ4n) is 0.394. The molecule has 3 nitrogen and oxygen atoms in total. The number of ketones is 1. The predicted octanol–water partition coefficient (Wildman–Crippen LogP) is -0.681. The molecule has 48 valence electrons. The lowest BCUT2D eigenvalue weighted by Crippen LogP contribution is -2.12. The maximum absolute atomic E-state index is 10.2. The van der Waals surface area contributed by atoms with E-state index in [-0.39, 0.29) is 12.2 Å². The molecule has 0 aromatic heterocycles. The van der Waals surface area contributed by atoms with Crippen molar-refractivity contribution in [2.24, 2.45) is 0 Å². The fourth-order valence-corrected chi connectivity index (χ4v) is 0.394. The highest BCUT2D eigenvalue weighted by Gasteiger charge is 2.02. The predicted molar refractivity (Wildman–Crippen MR) is 28.4 cm³/mol. The highest BCUT2D eigenvalue weighted by atomic mass is 16.3. The molecule has 1 atom stereocenters. The number of hydrogen-bond acceptors (Lipinski definition) is 3. The van der Waals surface area contributed by atoms with E-state index >= 15 is 0 Å². The molecule has 8 heavy (non-hydrogen) atoms. The Bertz CT molecular complexity index is 77.7. The van der Waals surface area contributed by atoms with Crippen molar-refractivity contribution in [2.75, 3.05) is 6.61 Å². The molecule has 2 N–H and O–H groups in total. The molecule has 3 heteroatoms. The molecule has 0 spiro atoms. The zero-order valence-corrected chi connectivity index (χ0v) is 4.79. The standard InChI is InChI=1S/C5H10O3/c1-4(7)2-5(8)3-6/h4,6-7H,2-3H2,1H3. The highest BCUT2D eigenvalue weighted by molar-refractivity contribution is 5.79. The Labute approximate surface area is 47.9 Å². The highest BCUT2D eigenvalue weighted by Crippen LogP contribution is 1.88. The fraction of sp³-hybridized carbons (Fsp3) is 0.800. The quantitative estimate of drug-likeness (QED) is 0.516. The number of hydrogen-bond donors (Lipinski definition) is 2. The molecule has 0 rings (SSSR count). The number of aliphatic hydroxyl groups is 2. The summed E-state index contributed by atoms with van der Waals surface area (Å²) in [6, 6.07) is 0. The van der Waals surface area contributed by atoms with E-state index in [2.05, 4.69) is 0 Å². The second kappa shape index (κ2) is 3.57. The molecule has 0 amide bonds. The summed E-state index contributed by atoms with van der Waals surface area (Å²) < 4.78 is 0. The van der Waals surface area contributed by atoms with Crippen LogP contribution in [0.5, 0.6) is 0 Å². The monoisotopic (exact) mass is 118 g/mol. The van der Waals surface area contributed by atoms with E-state index in [9.17, 15) is 4.79 Å². The average Bonchev–Trinajstić information content (AvgIpc) is 1.65. The minimum atomic E-state index is -0.630. The van der Waals surface area contributed by atoms with Gasteiger partial charge in [-0.2, -0.15) is 0 Å². The minimum absolute atomic E-state index is 0.0521. The molecule has 0 aliphatic rings. The summed E-state index contributed by atoms with van der Waals surface area (Å²) >= 11 is 0. The SMILES string of the molecule is CC(O)CC(=O)CO. The first kappa shape index (κ1) is 7.59. The summed E-state index contributed by atoms with van der Waals surface area (Å²) in [5.74, 6) is -0.319. The Morgan fingerprint density at radius 3 is 2.38 bits per heavy atom. The third kappa shape index (κ3) is 3.77. The van der Waals surface area contributed by atoms with Crippen molar-refractivity contribution >= 4 is 5.78 Å². The first-order chi connectivity index (χ1) is 3.66. The zero-order chi connectivity index (χ0) is 6.57. The molecule has 0 bridgehead atoms. The van der Waals surface area contributed by atoms with E-state index < -0.39 is 12.7 Å². The molecule has 0 fully saturated rings. The van der Waals surface area contributed by atoms with Gasteiger partial charge in [0.1, 0.15) is 6.61 Å². The Morgan fingerprint density at radius 2 is 2.25 bits per heavy atom. The van der Waals surface area contributed by atoms with Gasteiger partial charge in [0.05, 0.1) is 6.10 Å². The number of carbonyl (C=O) groups is 1. The van der Waals surface area contributed by atoms with E-state index in [1.54, 1.807) is 0 Å². The summed E-state index contributed by atoms with van der Waals surface area (Å²) in [6.45, 7) is 1.04. The first-order valence-electron chi connectivity index (χ1n) is 2.47. The number of aliphatic hydroxyl groups excluding tert-OH is 2. The van der Waals surface area contributed by atoms with Crippen molar-refractivity contribution in [1.82, 2.24) is 0 Å². The van der Waals surface area contributed by atoms with E-state index in [1.807, 2.05) is 0 Å². The van der Waals surface area contributed by atoms with Crippen molar-refractivity contribution in [3.8, 4) is 0 Å². The van der Waals surface area contributed by atoms with E-state index in [4.69, 9.17) is 10.2 Å². The molecule has 0 saturated carbocycles. The number of carbonyl (C=O) groups excluding carboxylic acids is 1. The van der Waals surface area contributed by atoms with Crippen LogP contribution in [0.4, 0.5) is 0 Å². The van der Waals surface area contributed by atoms with Crippen LogP contribution in [-0.4, -0.2) is 28.7 Å². The van der Waals surface area contributed by atoms with Crippen molar-refractivity contribution in [3.63, 3.8) is 0 Å². The largest absolute Gasteiger partial charge is 0.393 e. The van der Waals surface area contributed by atoms with Crippen molar-refractivity contribution in [1.29, 1.82) is 0 Å². The van der Waals surface area contributed by atoms with Crippen LogP contribution in [0.2, 0.25) is 0 Å². The molecule has 1 unspecified atom stereocenters. The molecule has 0 saturated heterocycles. The lowest BCUT2D eigenvalue weighted by molar-refractivity contribution is -0.123. The molecular formula is C5H10O3. The van der Waals surface area contributed by atoms with Crippen LogP contribution in [0.3, 0.4) is 0 Å². The molecular weight excluding hydrogens is 108 g/mol. The van der Waals surface area contributed by atoms with Gasteiger partial charge in [-0.15, -0.1) is 0 Å². The van der Waals surface area contributed by atoms with Crippen LogP contribution in [0, 0.1) is 0 Å². The van der Waals surface area contributed by atoms with Gasteiger partial charge in [-0.1, -0.05) is 0 Å². The van der Waals surface area contributed by atoms with Gasteiger partial charge >= 0.3 is 0 Å². The Kier molecular flexibility index (Phi) is 3.39. The van der Waals surface area contributed by atoms with Gasteiger partial charge in [0.15, 0.2) is 5.78 Å². The van der Waals surface area contributed by atoms with E-state index in [0.29, 0.717) is 0 Å². The van der Waals surface area contributed by atoms with Crippen LogP contribution in [0.25, 0.3) is 0 Å². The van der Waals surface area contributed by atoms with Gasteiger partial charge in [0.2, 0.25) is 0 Å². The topological polar surface area (TPSA) is 57.5 Å². The maximum atomic E-state index is 10.2. The summed E-state index contributed by atoms with van der Waals surface area (Å²) in [6.07, 6.45) is -0.578. The molecule has 0 aromatic rings. The molecule has 0 aliphatic carbocycles. The summed E-state index contributed by atoms with van der Waals surface area (Å²) in [5, 5.41) is 16.6. The van der Waals surface area contributed by atoms with Gasteiger partial charge in [-0.25, -0.2) is 0 Å². The smallest absolute Gasteiger partial charge is 0.160 e. The maximum Gasteiger partial charge on any atom is 0.160 e. The summed E-state index contributed by atoms with van der Waals surface area (Å²) in [4.78, 5) is 10.2. The van der Waals surface area contributed by atoms with Crippen molar-refractivity contribution in [3.05, 3.63) is 0 Å². The van der Waals surface area contributed by atoms with E-state index in [1.165, 1.54) is 6.92 Å². The van der Waals surface area contributed by atoms with Crippen LogP contribution in [0.15, 0.2) is 0 Å². The Morgan fingerprint density at radius 1 is 1.75 bits per heavy atom. The zero-order valence-electron chi connectivity index (χ0n) is 4.79. The summed E-state index contributed by atoms with van der Waals surface area (Å²) in [5.41, 5.74) is 0. The van der Waals surface area contributed by atoms with Crippen LogP contribution in [-0.2, 0) is 4.79 Å². The van der Waals surface area contributed by atoms with Crippen molar-refractivity contribution in [2.45, 2.75) is 19.4 Å². The number of Topliss-reactive ketones (excluding diaryl/α,β-unsaturated/α-hetero) is 1. The molecule has 0 heterocycles. The third-order valence-electron chi connectivity index (χ3n) is 0.699. The average molecular weight is 118 g/mol. The van der Waals surface area contributed by atoms with Gasteiger partial charge in [0, 0.05) is 6.42 Å². The Hall–Kier alpha value is -0.410. The lowest BCUT2D eigenvalue weighted by Gasteiger charge is -1.97. The molecule has 0 radical (unpaired) electrons. The van der Waals surface area contributed by atoms with Gasteiger partial charge < -0.3 is 10.2 Å². The Balaban J connectivity index is 3.25. The van der Waals surface area contributed by atoms with Crippen LogP contribution < -0.4 is 0 Å². The van der Waals surface area contributed by atoms with Gasteiger partial charge in [-0.3, -0.25) is 4.79 Å². The second-order valence-corrected chi connectivity index (χ2v) is 1.75. The van der Waals surface area contributed by atoms with Gasteiger partial charge in [0.25, 0.3) is 0 Å². The third-order valence-corrected chi connectivity index (χ3v) is 0.699. The normalized spacial score (nSPS) is 13.4. The number of rotatable bonds is 3. The molecule has 0 aliphatic heterocycles. The first-order valence-corrected chi connectivity index (χ1v) is 2.47. The van der Waals surface area contributed by atoms with Crippen LogP contribution >= 0.6 is 0 Å². The van der Waals surface area contributed by atoms with Crippen LogP contribution in [0.1, 0.15) is 13.3 Å². The van der Waals surface area contributed by atoms with E-state index in [0.717, 1.165) is 0 Å². The van der Waals surface area contributed by atoms with Crippen molar-refractivity contribution < 1.29 is 15.0 Å². The minimum Gasteiger partial charge on any atom is -0.393 e. The second-order valence-electron chi connectivity index (χ2n) is 1.75. The summed E-state index contributed by atoms with van der Waals surface area (Å²) in [7, 11) is 0.